The molecule has 2 aromatic carbocycles. The Balaban J connectivity index is 1.56. The van der Waals surface area contributed by atoms with E-state index in [4.69, 9.17) is 5.11 Å². The van der Waals surface area contributed by atoms with Gasteiger partial charge < -0.3 is 10.4 Å². The maximum absolute atomic E-state index is 12.2. The highest BCUT2D eigenvalue weighted by Gasteiger charge is 2.34. The van der Waals surface area contributed by atoms with Crippen LogP contribution in [0.25, 0.3) is 0 Å². The van der Waals surface area contributed by atoms with Gasteiger partial charge in [0.25, 0.3) is 11.8 Å². The van der Waals surface area contributed by atoms with Crippen LogP contribution in [-0.4, -0.2) is 40.2 Å². The maximum Gasteiger partial charge on any atom is 0.337 e. The lowest BCUT2D eigenvalue weighted by atomic mass is 10.1. The zero-order valence-electron chi connectivity index (χ0n) is 13.8. The molecular weight excluding hydrogens is 336 g/mol. The normalized spacial score (nSPS) is 12.8. The van der Waals surface area contributed by atoms with E-state index in [1.165, 1.54) is 12.1 Å². The van der Waals surface area contributed by atoms with Crippen LogP contribution in [-0.2, 0) is 4.79 Å². The lowest BCUT2D eigenvalue weighted by Gasteiger charge is -2.13. The molecule has 2 N–H and O–H groups in total. The van der Waals surface area contributed by atoms with E-state index < -0.39 is 5.97 Å². The summed E-state index contributed by atoms with van der Waals surface area (Å²) in [5.41, 5.74) is 0.960. The number of carbonyl (C=O) groups excluding carboxylic acids is 3. The number of hydrogen-bond donors (Lipinski definition) is 2. The van der Waals surface area contributed by atoms with Crippen molar-refractivity contribution in [2.24, 2.45) is 0 Å². The van der Waals surface area contributed by atoms with Crippen LogP contribution in [0.3, 0.4) is 0 Å². The van der Waals surface area contributed by atoms with Gasteiger partial charge in [-0.25, -0.2) is 4.79 Å². The van der Waals surface area contributed by atoms with Gasteiger partial charge in [-0.3, -0.25) is 19.3 Å². The lowest BCUT2D eigenvalue weighted by Crippen LogP contribution is -2.31. The lowest BCUT2D eigenvalue weighted by molar-refractivity contribution is -0.116. The second-order valence-electron chi connectivity index (χ2n) is 5.81. The average molecular weight is 352 g/mol. The number of hydrogen-bond acceptors (Lipinski definition) is 4. The Labute approximate surface area is 149 Å². The summed E-state index contributed by atoms with van der Waals surface area (Å²) in [7, 11) is 0. The van der Waals surface area contributed by atoms with Gasteiger partial charge in [0, 0.05) is 13.0 Å². The first-order valence-electron chi connectivity index (χ1n) is 8.06. The van der Waals surface area contributed by atoms with E-state index in [0.717, 1.165) is 4.90 Å². The van der Waals surface area contributed by atoms with Crippen molar-refractivity contribution < 1.29 is 24.3 Å². The third-order valence-electron chi connectivity index (χ3n) is 4.10. The summed E-state index contributed by atoms with van der Waals surface area (Å²) in [4.78, 5) is 48.8. The van der Waals surface area contributed by atoms with Gasteiger partial charge in [-0.1, -0.05) is 24.3 Å². The van der Waals surface area contributed by atoms with Crippen LogP contribution in [0.2, 0.25) is 0 Å². The van der Waals surface area contributed by atoms with Crippen LogP contribution < -0.4 is 5.32 Å². The molecule has 3 rings (SSSR count). The maximum atomic E-state index is 12.2. The molecule has 0 atom stereocenters. The number of anilines is 1. The van der Waals surface area contributed by atoms with E-state index in [1.807, 2.05) is 0 Å². The fraction of sp³-hybridized carbons (Fsp3) is 0.158. The van der Waals surface area contributed by atoms with Gasteiger partial charge in [0.1, 0.15) is 0 Å². The molecule has 0 aliphatic carbocycles. The van der Waals surface area contributed by atoms with Crippen LogP contribution in [0.1, 0.15) is 43.9 Å². The van der Waals surface area contributed by atoms with Crippen molar-refractivity contribution in [2.45, 2.75) is 12.8 Å². The molecule has 0 aromatic heterocycles. The van der Waals surface area contributed by atoms with Gasteiger partial charge in [0.15, 0.2) is 0 Å². The monoisotopic (exact) mass is 352 g/mol. The highest BCUT2D eigenvalue weighted by Crippen LogP contribution is 2.22. The van der Waals surface area contributed by atoms with Gasteiger partial charge in [0.2, 0.25) is 5.91 Å². The Morgan fingerprint density at radius 1 is 0.923 bits per heavy atom. The molecule has 132 valence electrons. The molecule has 1 aliphatic heterocycles. The van der Waals surface area contributed by atoms with Gasteiger partial charge in [-0.2, -0.15) is 0 Å². The molecule has 0 saturated carbocycles. The molecule has 26 heavy (non-hydrogen) atoms. The van der Waals surface area contributed by atoms with E-state index in [1.54, 1.807) is 36.4 Å². The van der Waals surface area contributed by atoms with Gasteiger partial charge in [0.05, 0.1) is 22.4 Å². The third-order valence-corrected chi connectivity index (χ3v) is 4.10. The largest absolute Gasteiger partial charge is 0.478 e. The number of carboxylic acid groups (broad SMARTS) is 1. The van der Waals surface area contributed by atoms with E-state index in [-0.39, 0.29) is 48.4 Å². The van der Waals surface area contributed by atoms with E-state index in [2.05, 4.69) is 5.32 Å². The fourth-order valence-corrected chi connectivity index (χ4v) is 2.83. The van der Waals surface area contributed by atoms with E-state index in [0.29, 0.717) is 11.1 Å². The second kappa shape index (κ2) is 7.18. The molecule has 0 fully saturated rings. The summed E-state index contributed by atoms with van der Waals surface area (Å²) < 4.78 is 0. The smallest absolute Gasteiger partial charge is 0.337 e. The number of para-hydroxylation sites is 1. The van der Waals surface area contributed by atoms with Crippen molar-refractivity contribution in [2.75, 3.05) is 11.9 Å². The van der Waals surface area contributed by atoms with Crippen molar-refractivity contribution >= 4 is 29.4 Å². The van der Waals surface area contributed by atoms with E-state index >= 15 is 0 Å². The first-order valence-corrected chi connectivity index (χ1v) is 8.06. The first-order chi connectivity index (χ1) is 12.5. The van der Waals surface area contributed by atoms with Gasteiger partial charge in [-0.05, 0) is 30.7 Å². The van der Waals surface area contributed by atoms with Crippen LogP contribution in [0.5, 0.6) is 0 Å². The van der Waals surface area contributed by atoms with E-state index in [9.17, 15) is 19.2 Å². The molecule has 3 amide bonds. The van der Waals surface area contributed by atoms with Crippen LogP contribution in [0.4, 0.5) is 5.69 Å². The Morgan fingerprint density at radius 2 is 1.50 bits per heavy atom. The molecular formula is C19H16N2O5. The molecule has 0 radical (unpaired) electrons. The molecule has 0 spiro atoms. The number of carbonyl (C=O) groups is 4. The van der Waals surface area contributed by atoms with Crippen molar-refractivity contribution in [3.63, 3.8) is 0 Å². The quantitative estimate of drug-likeness (QED) is 0.777. The molecule has 0 unspecified atom stereocenters. The van der Waals surface area contributed by atoms with Crippen LogP contribution in [0.15, 0.2) is 48.5 Å². The summed E-state index contributed by atoms with van der Waals surface area (Å²) in [6, 6.07) is 12.7. The molecule has 7 nitrogen and oxygen atoms in total. The number of amides is 3. The highest BCUT2D eigenvalue weighted by molar-refractivity contribution is 6.21. The summed E-state index contributed by atoms with van der Waals surface area (Å²) in [5.74, 6) is -2.23. The minimum Gasteiger partial charge on any atom is -0.478 e. The summed E-state index contributed by atoms with van der Waals surface area (Å²) in [6.07, 6.45) is 0.341. The van der Waals surface area contributed by atoms with Crippen molar-refractivity contribution in [3.05, 3.63) is 65.2 Å². The number of carboxylic acids is 1. The number of fused-ring (bicyclic) bond motifs is 1. The standard InChI is InChI=1S/C19H16N2O5/c22-16(20-15-9-4-3-8-14(15)19(25)26)10-5-11-21-17(23)12-6-1-2-7-13(12)18(21)24/h1-4,6-9H,5,10-11H2,(H,20,22)(H,25,26). The minimum absolute atomic E-state index is 0.00111. The minimum atomic E-state index is -1.13. The summed E-state index contributed by atoms with van der Waals surface area (Å²) in [6.45, 7) is 0.125. The first kappa shape index (κ1) is 17.3. The Morgan fingerprint density at radius 3 is 2.12 bits per heavy atom. The summed E-state index contributed by atoms with van der Waals surface area (Å²) >= 11 is 0. The number of aromatic carboxylic acids is 1. The molecule has 1 heterocycles. The molecule has 0 bridgehead atoms. The topological polar surface area (TPSA) is 104 Å². The third kappa shape index (κ3) is 3.32. The Bertz CT molecular complexity index is 871. The molecule has 7 heteroatoms. The zero-order valence-corrected chi connectivity index (χ0v) is 13.8. The number of nitrogens with one attached hydrogen (secondary N) is 1. The Hall–Kier alpha value is -3.48. The fourth-order valence-electron chi connectivity index (χ4n) is 2.83. The van der Waals surface area contributed by atoms with Crippen molar-refractivity contribution in [1.82, 2.24) is 4.90 Å². The van der Waals surface area contributed by atoms with Crippen LogP contribution >= 0.6 is 0 Å². The Kier molecular flexibility index (Phi) is 4.79. The summed E-state index contributed by atoms with van der Waals surface area (Å²) in [5, 5.41) is 11.7. The number of benzene rings is 2. The van der Waals surface area contributed by atoms with Gasteiger partial charge >= 0.3 is 5.97 Å². The number of imide groups is 1. The predicted molar refractivity (Wildman–Crippen MR) is 93.1 cm³/mol. The van der Waals surface area contributed by atoms with Crippen LogP contribution in [0, 0.1) is 0 Å². The molecule has 2 aromatic rings. The molecule has 1 aliphatic rings. The molecule has 0 saturated heterocycles. The second-order valence-corrected chi connectivity index (χ2v) is 5.81. The van der Waals surface area contributed by atoms with Gasteiger partial charge in [-0.15, -0.1) is 0 Å². The average Bonchev–Trinajstić information content (AvgIpc) is 2.87. The van der Waals surface area contributed by atoms with Crippen molar-refractivity contribution in [1.29, 1.82) is 0 Å². The zero-order chi connectivity index (χ0) is 18.7. The number of rotatable bonds is 6. The highest BCUT2D eigenvalue weighted by atomic mass is 16.4. The van der Waals surface area contributed by atoms with Crippen molar-refractivity contribution in [3.8, 4) is 0 Å². The number of nitrogens with zero attached hydrogens (tertiary/aromatic N) is 1. The predicted octanol–water partition coefficient (Wildman–Crippen LogP) is 2.40. The SMILES string of the molecule is O=C(CCCN1C(=O)c2ccccc2C1=O)Nc1ccccc1C(=O)O.